The Labute approximate surface area is 168 Å². The van der Waals surface area contributed by atoms with Gasteiger partial charge in [-0.15, -0.1) is 11.3 Å². The molecule has 1 heterocycles. The lowest BCUT2D eigenvalue weighted by molar-refractivity contribution is -0.116. The van der Waals surface area contributed by atoms with Crippen LogP contribution >= 0.6 is 11.3 Å². The van der Waals surface area contributed by atoms with E-state index in [4.69, 9.17) is 0 Å². The number of sulfone groups is 1. The Hall–Kier alpha value is -2.51. The third kappa shape index (κ3) is 4.00. The van der Waals surface area contributed by atoms with Crippen LogP contribution in [0.2, 0.25) is 0 Å². The van der Waals surface area contributed by atoms with Gasteiger partial charge in [-0.3, -0.25) is 4.79 Å². The molecule has 1 aliphatic rings. The number of amides is 1. The van der Waals surface area contributed by atoms with E-state index in [-0.39, 0.29) is 24.5 Å². The predicted molar refractivity (Wildman–Crippen MR) is 111 cm³/mol. The van der Waals surface area contributed by atoms with E-state index in [1.807, 2.05) is 12.1 Å². The van der Waals surface area contributed by atoms with Crippen molar-refractivity contribution in [2.75, 3.05) is 11.1 Å². The van der Waals surface area contributed by atoms with Crippen LogP contribution in [0.1, 0.15) is 23.3 Å². The van der Waals surface area contributed by atoms with Crippen molar-refractivity contribution in [3.63, 3.8) is 0 Å². The summed E-state index contributed by atoms with van der Waals surface area (Å²) in [7, 11) is -3.36. The zero-order chi connectivity index (χ0) is 19.6. The molecule has 0 atom stereocenters. The van der Waals surface area contributed by atoms with Gasteiger partial charge in [0.2, 0.25) is 5.91 Å². The van der Waals surface area contributed by atoms with Gasteiger partial charge in [-0.2, -0.15) is 0 Å². The van der Waals surface area contributed by atoms with Gasteiger partial charge in [-0.05, 0) is 37.0 Å². The summed E-state index contributed by atoms with van der Waals surface area (Å²) in [6, 6.07) is 16.5. The third-order valence-electron chi connectivity index (χ3n) is 4.76. The summed E-state index contributed by atoms with van der Waals surface area (Å²) >= 11 is 1.50. The Morgan fingerprint density at radius 2 is 1.79 bits per heavy atom. The number of fused-ring (bicyclic) bond motifs is 3. The van der Waals surface area contributed by atoms with Gasteiger partial charge >= 0.3 is 0 Å². The average Bonchev–Trinajstić information content (AvgIpc) is 3.11. The molecule has 0 bridgehead atoms. The number of carbonyl (C=O) groups excluding carboxylic acids is 1. The van der Waals surface area contributed by atoms with Crippen LogP contribution < -0.4 is 5.32 Å². The van der Waals surface area contributed by atoms with E-state index in [0.717, 1.165) is 24.1 Å². The number of rotatable bonds is 6. The Morgan fingerprint density at radius 3 is 2.61 bits per heavy atom. The highest BCUT2D eigenvalue weighted by molar-refractivity contribution is 7.91. The highest BCUT2D eigenvalue weighted by Crippen LogP contribution is 2.37. The molecule has 1 aromatic heterocycles. The van der Waals surface area contributed by atoms with Crippen molar-refractivity contribution in [1.29, 1.82) is 0 Å². The molecule has 0 unspecified atom stereocenters. The first-order valence-corrected chi connectivity index (χ1v) is 11.7. The molecule has 144 valence electrons. The largest absolute Gasteiger partial charge is 0.302 e. The topological polar surface area (TPSA) is 76.1 Å². The van der Waals surface area contributed by atoms with Crippen LogP contribution in [0.4, 0.5) is 5.13 Å². The second-order valence-corrected chi connectivity index (χ2v) is 9.92. The van der Waals surface area contributed by atoms with Crippen molar-refractivity contribution < 1.29 is 13.2 Å². The van der Waals surface area contributed by atoms with E-state index < -0.39 is 9.84 Å². The van der Waals surface area contributed by atoms with Crippen LogP contribution in [0, 0.1) is 0 Å². The first-order valence-electron chi connectivity index (χ1n) is 9.18. The number of hydrogen-bond donors (Lipinski definition) is 1. The minimum absolute atomic E-state index is 0.0494. The summed E-state index contributed by atoms with van der Waals surface area (Å²) in [5, 5.41) is 3.41. The van der Waals surface area contributed by atoms with Crippen LogP contribution in [0.3, 0.4) is 0 Å². The Balaban J connectivity index is 1.36. The number of carbonyl (C=O) groups is 1. The van der Waals surface area contributed by atoms with Crippen molar-refractivity contribution >= 4 is 32.2 Å². The molecular weight excluding hydrogens is 392 g/mol. The smallest absolute Gasteiger partial charge is 0.226 e. The molecule has 5 nitrogen and oxygen atoms in total. The molecule has 3 aromatic rings. The number of aromatic nitrogens is 1. The SMILES string of the molecule is O=C(CCCS(=O)(=O)c1ccccc1)Nc1nc2c(s1)CCc1ccccc1-2. The van der Waals surface area contributed by atoms with Gasteiger partial charge in [-0.25, -0.2) is 13.4 Å². The fourth-order valence-corrected chi connectivity index (χ4v) is 5.68. The van der Waals surface area contributed by atoms with Crippen molar-refractivity contribution in [2.45, 2.75) is 30.6 Å². The zero-order valence-electron chi connectivity index (χ0n) is 15.2. The average molecular weight is 413 g/mol. The molecular formula is C21H20N2O3S2. The van der Waals surface area contributed by atoms with Crippen LogP contribution in [0.15, 0.2) is 59.5 Å². The van der Waals surface area contributed by atoms with E-state index in [1.54, 1.807) is 30.3 Å². The zero-order valence-corrected chi connectivity index (χ0v) is 16.9. The Bertz CT molecular complexity index is 1110. The van der Waals surface area contributed by atoms with Gasteiger partial charge in [0.15, 0.2) is 15.0 Å². The van der Waals surface area contributed by atoms with E-state index in [9.17, 15) is 13.2 Å². The highest BCUT2D eigenvalue weighted by Gasteiger charge is 2.21. The fourth-order valence-electron chi connectivity index (χ4n) is 3.35. The number of benzene rings is 2. The lowest BCUT2D eigenvalue weighted by Crippen LogP contribution is -2.14. The van der Waals surface area contributed by atoms with Gasteiger partial charge < -0.3 is 5.32 Å². The summed E-state index contributed by atoms with van der Waals surface area (Å²) in [5.74, 6) is -0.255. The van der Waals surface area contributed by atoms with E-state index >= 15 is 0 Å². The summed E-state index contributed by atoms with van der Waals surface area (Å²) < 4.78 is 24.6. The monoisotopic (exact) mass is 412 g/mol. The molecule has 28 heavy (non-hydrogen) atoms. The second kappa shape index (κ2) is 7.85. The van der Waals surface area contributed by atoms with Gasteiger partial charge in [0.1, 0.15) is 0 Å². The van der Waals surface area contributed by atoms with Gasteiger partial charge in [-0.1, -0.05) is 42.5 Å². The van der Waals surface area contributed by atoms with E-state index in [0.29, 0.717) is 10.0 Å². The number of nitrogens with one attached hydrogen (secondary N) is 1. The van der Waals surface area contributed by atoms with Crippen molar-refractivity contribution in [2.24, 2.45) is 0 Å². The lowest BCUT2D eigenvalue weighted by atomic mass is 9.94. The second-order valence-electron chi connectivity index (χ2n) is 6.73. The Kier molecular flexibility index (Phi) is 5.28. The maximum absolute atomic E-state index is 12.3. The minimum Gasteiger partial charge on any atom is -0.302 e. The van der Waals surface area contributed by atoms with Gasteiger partial charge in [0, 0.05) is 16.9 Å². The maximum atomic E-state index is 12.3. The first kappa shape index (κ1) is 18.8. The molecule has 0 fully saturated rings. The van der Waals surface area contributed by atoms with Crippen LogP contribution in [0.25, 0.3) is 11.3 Å². The van der Waals surface area contributed by atoms with Crippen molar-refractivity contribution in [3.8, 4) is 11.3 Å². The number of thiazole rings is 1. The standard InChI is InChI=1S/C21H20N2O3S2/c24-19(11-6-14-28(25,26)16-8-2-1-3-9-16)22-21-23-20-17-10-5-4-7-15(17)12-13-18(20)27-21/h1-5,7-10H,6,11-14H2,(H,22,23,24). The third-order valence-corrected chi connectivity index (χ3v) is 7.60. The normalized spacial score (nSPS) is 12.9. The molecule has 0 aliphatic heterocycles. The summed E-state index contributed by atoms with van der Waals surface area (Å²) in [6.45, 7) is 0. The molecule has 7 heteroatoms. The highest BCUT2D eigenvalue weighted by atomic mass is 32.2. The summed E-state index contributed by atoms with van der Waals surface area (Å²) in [6.07, 6.45) is 2.33. The number of hydrogen-bond acceptors (Lipinski definition) is 5. The molecule has 1 amide bonds. The van der Waals surface area contributed by atoms with Gasteiger partial charge in [0.25, 0.3) is 0 Å². The maximum Gasteiger partial charge on any atom is 0.226 e. The van der Waals surface area contributed by atoms with E-state index in [2.05, 4.69) is 22.4 Å². The van der Waals surface area contributed by atoms with Crippen molar-refractivity contribution in [1.82, 2.24) is 4.98 Å². The number of nitrogens with zero attached hydrogens (tertiary/aromatic N) is 1. The van der Waals surface area contributed by atoms with Crippen LogP contribution in [-0.4, -0.2) is 25.1 Å². The molecule has 1 aliphatic carbocycles. The predicted octanol–water partition coefficient (Wildman–Crippen LogP) is 4.10. The molecule has 2 aromatic carbocycles. The molecule has 1 N–H and O–H groups in total. The van der Waals surface area contributed by atoms with E-state index in [1.165, 1.54) is 21.8 Å². The molecule has 0 radical (unpaired) electrons. The van der Waals surface area contributed by atoms with Crippen molar-refractivity contribution in [3.05, 3.63) is 65.0 Å². The molecule has 0 spiro atoms. The summed E-state index contributed by atoms with van der Waals surface area (Å²) in [5.41, 5.74) is 3.37. The first-order chi connectivity index (χ1) is 13.5. The van der Waals surface area contributed by atoms with Gasteiger partial charge in [0.05, 0.1) is 16.3 Å². The lowest BCUT2D eigenvalue weighted by Gasteiger charge is -2.13. The number of aryl methyl sites for hydroxylation is 2. The number of anilines is 1. The quantitative estimate of drug-likeness (QED) is 0.661. The summed E-state index contributed by atoms with van der Waals surface area (Å²) in [4.78, 5) is 18.3. The molecule has 0 saturated carbocycles. The minimum atomic E-state index is -3.36. The molecule has 0 saturated heterocycles. The van der Waals surface area contributed by atoms with Crippen LogP contribution in [-0.2, 0) is 27.5 Å². The molecule has 4 rings (SSSR count). The fraction of sp³-hybridized carbons (Fsp3) is 0.238. The van der Waals surface area contributed by atoms with Crippen LogP contribution in [0.5, 0.6) is 0 Å². The Morgan fingerprint density at radius 1 is 1.04 bits per heavy atom.